The highest BCUT2D eigenvalue weighted by molar-refractivity contribution is 4.92. The summed E-state index contributed by atoms with van der Waals surface area (Å²) >= 11 is 0. The molecule has 1 aromatic heterocycles. The van der Waals surface area contributed by atoms with Crippen molar-refractivity contribution in [2.45, 2.75) is 6.54 Å². The number of hydrogen-bond acceptors (Lipinski definition) is 4. The van der Waals surface area contributed by atoms with Gasteiger partial charge in [-0.3, -0.25) is 4.84 Å². The van der Waals surface area contributed by atoms with E-state index in [1.165, 1.54) is 0 Å². The van der Waals surface area contributed by atoms with Crippen molar-refractivity contribution in [2.24, 2.45) is 0 Å². The number of ether oxygens (including phenoxy) is 1. The van der Waals surface area contributed by atoms with Crippen molar-refractivity contribution >= 4 is 0 Å². The van der Waals surface area contributed by atoms with Gasteiger partial charge in [0.15, 0.2) is 0 Å². The molecule has 0 fully saturated rings. The first kappa shape index (κ1) is 9.18. The molecule has 0 aliphatic rings. The Morgan fingerprint density at radius 3 is 3.17 bits per heavy atom. The number of methoxy groups -OCH3 is 1. The van der Waals surface area contributed by atoms with Crippen LogP contribution in [0.15, 0.2) is 12.5 Å². The second-order valence-corrected chi connectivity index (χ2v) is 2.24. The molecule has 0 aromatic carbocycles. The third kappa shape index (κ3) is 3.47. The van der Waals surface area contributed by atoms with Crippen molar-refractivity contribution in [2.75, 3.05) is 20.3 Å². The molecule has 68 valence electrons. The van der Waals surface area contributed by atoms with Crippen molar-refractivity contribution in [3.8, 4) is 0 Å². The average Bonchev–Trinajstić information content (AvgIpc) is 2.57. The molecule has 1 aromatic rings. The summed E-state index contributed by atoms with van der Waals surface area (Å²) in [6.45, 7) is 1.77. The minimum atomic E-state index is 0.546. The number of aromatic nitrogens is 2. The van der Waals surface area contributed by atoms with Crippen LogP contribution in [0.25, 0.3) is 0 Å². The molecule has 0 saturated carbocycles. The summed E-state index contributed by atoms with van der Waals surface area (Å²) < 4.78 is 4.79. The van der Waals surface area contributed by atoms with Crippen LogP contribution in [0.3, 0.4) is 0 Å². The van der Waals surface area contributed by atoms with Crippen LogP contribution in [0.4, 0.5) is 0 Å². The third-order valence-corrected chi connectivity index (χ3v) is 1.31. The lowest BCUT2D eigenvalue weighted by Crippen LogP contribution is -2.17. The molecule has 0 aliphatic carbocycles. The lowest BCUT2D eigenvalue weighted by molar-refractivity contribution is 0.00303. The molecule has 0 spiro atoms. The van der Waals surface area contributed by atoms with Crippen molar-refractivity contribution in [3.05, 3.63) is 18.2 Å². The van der Waals surface area contributed by atoms with Crippen LogP contribution in [0.1, 0.15) is 5.69 Å². The maximum atomic E-state index is 5.02. The van der Waals surface area contributed by atoms with E-state index in [0.717, 1.165) is 5.69 Å². The van der Waals surface area contributed by atoms with Crippen molar-refractivity contribution in [1.29, 1.82) is 0 Å². The van der Waals surface area contributed by atoms with E-state index in [1.807, 2.05) is 0 Å². The summed E-state index contributed by atoms with van der Waals surface area (Å²) in [5.74, 6) is 0. The maximum Gasteiger partial charge on any atom is 0.0922 e. The van der Waals surface area contributed by atoms with E-state index in [0.29, 0.717) is 19.8 Å². The zero-order chi connectivity index (χ0) is 8.65. The Hall–Kier alpha value is -0.910. The van der Waals surface area contributed by atoms with Crippen molar-refractivity contribution < 1.29 is 9.57 Å². The molecule has 0 atom stereocenters. The van der Waals surface area contributed by atoms with Gasteiger partial charge in [-0.15, -0.1) is 0 Å². The fourth-order valence-electron chi connectivity index (χ4n) is 0.707. The highest BCUT2D eigenvalue weighted by atomic mass is 16.7. The predicted molar refractivity (Wildman–Crippen MR) is 43.3 cm³/mol. The number of hydroxylamine groups is 1. The van der Waals surface area contributed by atoms with E-state index in [-0.39, 0.29) is 0 Å². The van der Waals surface area contributed by atoms with Crippen LogP contribution < -0.4 is 5.48 Å². The van der Waals surface area contributed by atoms with Crippen LogP contribution in [0, 0.1) is 0 Å². The van der Waals surface area contributed by atoms with E-state index in [9.17, 15) is 0 Å². The molecule has 0 radical (unpaired) electrons. The monoisotopic (exact) mass is 171 g/mol. The Labute approximate surface area is 71.1 Å². The van der Waals surface area contributed by atoms with E-state index in [1.54, 1.807) is 19.6 Å². The Kier molecular flexibility index (Phi) is 4.36. The van der Waals surface area contributed by atoms with Crippen LogP contribution in [-0.4, -0.2) is 30.3 Å². The van der Waals surface area contributed by atoms with E-state index < -0.39 is 0 Å². The molecule has 5 heteroatoms. The Bertz CT molecular complexity index is 189. The molecule has 0 saturated heterocycles. The number of rotatable bonds is 6. The average molecular weight is 171 g/mol. The van der Waals surface area contributed by atoms with Gasteiger partial charge in [-0.05, 0) is 0 Å². The fraction of sp³-hybridized carbons (Fsp3) is 0.571. The smallest absolute Gasteiger partial charge is 0.0922 e. The maximum absolute atomic E-state index is 5.02. The molecule has 0 bridgehead atoms. The molecule has 1 heterocycles. The normalized spacial score (nSPS) is 10.4. The van der Waals surface area contributed by atoms with Gasteiger partial charge in [-0.2, -0.15) is 5.48 Å². The van der Waals surface area contributed by atoms with Gasteiger partial charge in [0.2, 0.25) is 0 Å². The van der Waals surface area contributed by atoms with Gasteiger partial charge in [0, 0.05) is 13.3 Å². The standard InChI is InChI=1S/C7H13N3O2/c1-11-2-3-12-10-5-7-4-8-6-9-7/h4,6,10H,2-3,5H2,1H3,(H,8,9). The Morgan fingerprint density at radius 1 is 1.58 bits per heavy atom. The molecule has 2 N–H and O–H groups in total. The fourth-order valence-corrected chi connectivity index (χ4v) is 0.707. The second kappa shape index (κ2) is 5.70. The molecular formula is C7H13N3O2. The highest BCUT2D eigenvalue weighted by Crippen LogP contribution is 1.88. The van der Waals surface area contributed by atoms with Crippen LogP contribution >= 0.6 is 0 Å². The minimum Gasteiger partial charge on any atom is -0.382 e. The molecule has 5 nitrogen and oxygen atoms in total. The lowest BCUT2D eigenvalue weighted by Gasteiger charge is -2.02. The zero-order valence-electron chi connectivity index (χ0n) is 7.04. The Balaban J connectivity index is 1.96. The summed E-state index contributed by atoms with van der Waals surface area (Å²) in [5, 5.41) is 0. The van der Waals surface area contributed by atoms with Crippen LogP contribution in [-0.2, 0) is 16.1 Å². The lowest BCUT2D eigenvalue weighted by atomic mass is 10.5. The molecule has 12 heavy (non-hydrogen) atoms. The van der Waals surface area contributed by atoms with E-state index in [2.05, 4.69) is 15.4 Å². The van der Waals surface area contributed by atoms with Crippen molar-refractivity contribution in [1.82, 2.24) is 15.4 Å². The molecule has 0 amide bonds. The molecule has 1 rings (SSSR count). The number of hydrogen-bond donors (Lipinski definition) is 2. The van der Waals surface area contributed by atoms with Gasteiger partial charge >= 0.3 is 0 Å². The topological polar surface area (TPSA) is 59.2 Å². The van der Waals surface area contributed by atoms with Crippen LogP contribution in [0.2, 0.25) is 0 Å². The Morgan fingerprint density at radius 2 is 2.50 bits per heavy atom. The van der Waals surface area contributed by atoms with Crippen molar-refractivity contribution in [3.63, 3.8) is 0 Å². The first-order chi connectivity index (χ1) is 5.93. The summed E-state index contributed by atoms with van der Waals surface area (Å²) in [4.78, 5) is 11.8. The number of nitrogens with zero attached hydrogens (tertiary/aromatic N) is 1. The SMILES string of the molecule is COCCONCc1cnc[nH]1. The van der Waals surface area contributed by atoms with Gasteiger partial charge in [-0.25, -0.2) is 4.98 Å². The number of nitrogens with one attached hydrogen (secondary N) is 2. The van der Waals surface area contributed by atoms with Gasteiger partial charge in [0.05, 0.1) is 31.8 Å². The van der Waals surface area contributed by atoms with Gasteiger partial charge in [0.1, 0.15) is 0 Å². The summed E-state index contributed by atoms with van der Waals surface area (Å²) in [7, 11) is 1.64. The molecule has 0 unspecified atom stereocenters. The quantitative estimate of drug-likeness (QED) is 0.470. The van der Waals surface area contributed by atoms with Gasteiger partial charge in [-0.1, -0.05) is 0 Å². The number of aromatic amines is 1. The predicted octanol–water partition coefficient (Wildman–Crippen LogP) is 0.0773. The first-order valence-corrected chi connectivity index (χ1v) is 3.74. The van der Waals surface area contributed by atoms with Gasteiger partial charge in [0.25, 0.3) is 0 Å². The molecular weight excluding hydrogens is 158 g/mol. The summed E-state index contributed by atoms with van der Waals surface area (Å²) in [6, 6.07) is 0. The molecule has 0 aliphatic heterocycles. The first-order valence-electron chi connectivity index (χ1n) is 3.74. The van der Waals surface area contributed by atoms with E-state index in [4.69, 9.17) is 9.57 Å². The minimum absolute atomic E-state index is 0.546. The number of H-pyrrole nitrogens is 1. The summed E-state index contributed by atoms with van der Waals surface area (Å²) in [6.07, 6.45) is 3.37. The number of imidazole rings is 1. The van der Waals surface area contributed by atoms with Gasteiger partial charge < -0.3 is 9.72 Å². The van der Waals surface area contributed by atoms with Crippen LogP contribution in [0.5, 0.6) is 0 Å². The van der Waals surface area contributed by atoms with E-state index >= 15 is 0 Å². The largest absolute Gasteiger partial charge is 0.382 e. The second-order valence-electron chi connectivity index (χ2n) is 2.24. The highest BCUT2D eigenvalue weighted by Gasteiger charge is 1.91. The summed E-state index contributed by atoms with van der Waals surface area (Å²) in [5.41, 5.74) is 3.76. The third-order valence-electron chi connectivity index (χ3n) is 1.31. The zero-order valence-corrected chi connectivity index (χ0v) is 7.04.